The minimum absolute atomic E-state index is 0.0225. The van der Waals surface area contributed by atoms with Crippen LogP contribution in [0.25, 0.3) is 0 Å². The number of carbonyl (C=O) groups is 1. The molecular formula is C9H14O3. The molecule has 0 atom stereocenters. The van der Waals surface area contributed by atoms with Crippen molar-refractivity contribution in [3.8, 4) is 0 Å². The van der Waals surface area contributed by atoms with Gasteiger partial charge in [-0.2, -0.15) is 0 Å². The molecule has 0 amide bonds. The molecule has 0 aromatic carbocycles. The van der Waals surface area contributed by atoms with Crippen LogP contribution in [0.2, 0.25) is 0 Å². The summed E-state index contributed by atoms with van der Waals surface area (Å²) in [5, 5.41) is 8.35. The predicted octanol–water partition coefficient (Wildman–Crippen LogP) is 0.697. The molecule has 0 aromatic heterocycles. The lowest BCUT2D eigenvalue weighted by molar-refractivity contribution is -0.121. The zero-order chi connectivity index (χ0) is 9.23. The van der Waals surface area contributed by atoms with E-state index in [1.165, 1.54) is 6.92 Å². The molecule has 0 fully saturated rings. The van der Waals surface area contributed by atoms with Gasteiger partial charge in [0.25, 0.3) is 0 Å². The number of carbonyl (C=O) groups excluding carboxylic acids is 1. The first kappa shape index (κ1) is 11.1. The molecule has 0 unspecified atom stereocenters. The highest BCUT2D eigenvalue weighted by atomic mass is 16.5. The summed E-state index contributed by atoms with van der Waals surface area (Å²) in [7, 11) is 0. The van der Waals surface area contributed by atoms with E-state index in [0.717, 1.165) is 0 Å². The zero-order valence-corrected chi connectivity index (χ0v) is 7.19. The van der Waals surface area contributed by atoms with Crippen molar-refractivity contribution in [1.29, 1.82) is 0 Å². The van der Waals surface area contributed by atoms with E-state index in [0.29, 0.717) is 6.61 Å². The number of Topliss-reactive ketones (excluding diaryl/α,β-unsaturated/α-hetero) is 1. The minimum atomic E-state index is 0.0225. The zero-order valence-electron chi connectivity index (χ0n) is 7.19. The number of aliphatic hydroxyl groups is 1. The van der Waals surface area contributed by atoms with Gasteiger partial charge in [-0.1, -0.05) is 24.3 Å². The average Bonchev–Trinajstić information content (AvgIpc) is 2.02. The van der Waals surface area contributed by atoms with Gasteiger partial charge in [0.05, 0.1) is 13.2 Å². The minimum Gasteiger partial charge on any atom is -0.392 e. The largest absolute Gasteiger partial charge is 0.392 e. The van der Waals surface area contributed by atoms with Gasteiger partial charge in [-0.25, -0.2) is 0 Å². The molecule has 0 aliphatic heterocycles. The Bertz CT molecular complexity index is 171. The van der Waals surface area contributed by atoms with E-state index in [1.807, 2.05) is 0 Å². The number of allylic oxidation sites excluding steroid dienone is 2. The van der Waals surface area contributed by atoms with Crippen LogP contribution < -0.4 is 0 Å². The van der Waals surface area contributed by atoms with Crippen molar-refractivity contribution in [2.24, 2.45) is 0 Å². The van der Waals surface area contributed by atoms with E-state index in [4.69, 9.17) is 9.84 Å². The molecule has 0 aliphatic rings. The van der Waals surface area contributed by atoms with Gasteiger partial charge in [0.15, 0.2) is 5.78 Å². The molecular weight excluding hydrogens is 156 g/mol. The van der Waals surface area contributed by atoms with Crippen molar-refractivity contribution in [1.82, 2.24) is 0 Å². The lowest BCUT2D eigenvalue weighted by atomic mass is 10.4. The fourth-order valence-corrected chi connectivity index (χ4v) is 0.544. The van der Waals surface area contributed by atoms with Crippen molar-refractivity contribution >= 4 is 5.78 Å². The first-order valence-corrected chi connectivity index (χ1v) is 3.77. The number of hydrogen-bond donors (Lipinski definition) is 1. The summed E-state index contributed by atoms with van der Waals surface area (Å²) >= 11 is 0. The van der Waals surface area contributed by atoms with Gasteiger partial charge in [0.2, 0.25) is 0 Å². The summed E-state index contributed by atoms with van der Waals surface area (Å²) in [6.07, 6.45) is 6.87. The maximum atomic E-state index is 10.4. The molecule has 0 bridgehead atoms. The Morgan fingerprint density at radius 3 is 2.67 bits per heavy atom. The van der Waals surface area contributed by atoms with Crippen LogP contribution in [0, 0.1) is 0 Å². The third kappa shape index (κ3) is 9.07. The molecule has 0 spiro atoms. The molecule has 0 saturated carbocycles. The third-order valence-electron chi connectivity index (χ3n) is 1.01. The SMILES string of the molecule is CC(=O)COC/C=C/C=C/CO. The number of ether oxygens (including phenoxy) is 1. The molecule has 0 radical (unpaired) electrons. The Kier molecular flexibility index (Phi) is 7.54. The van der Waals surface area contributed by atoms with E-state index >= 15 is 0 Å². The maximum Gasteiger partial charge on any atom is 0.155 e. The first-order chi connectivity index (χ1) is 5.77. The van der Waals surface area contributed by atoms with Gasteiger partial charge in [-0.15, -0.1) is 0 Å². The fourth-order valence-electron chi connectivity index (χ4n) is 0.544. The quantitative estimate of drug-likeness (QED) is 0.471. The molecule has 3 nitrogen and oxygen atoms in total. The van der Waals surface area contributed by atoms with Crippen LogP contribution in [0.5, 0.6) is 0 Å². The van der Waals surface area contributed by atoms with Crippen molar-refractivity contribution in [3.05, 3.63) is 24.3 Å². The van der Waals surface area contributed by atoms with Gasteiger partial charge in [0, 0.05) is 0 Å². The lowest BCUT2D eigenvalue weighted by Gasteiger charge is -1.93. The van der Waals surface area contributed by atoms with Crippen molar-refractivity contribution in [2.45, 2.75) is 6.92 Å². The van der Waals surface area contributed by atoms with E-state index in [2.05, 4.69) is 0 Å². The number of hydrogen-bond acceptors (Lipinski definition) is 3. The molecule has 68 valence electrons. The molecule has 0 rings (SSSR count). The number of ketones is 1. The maximum absolute atomic E-state index is 10.4. The Morgan fingerprint density at radius 1 is 1.42 bits per heavy atom. The number of aliphatic hydroxyl groups excluding tert-OH is 1. The molecule has 12 heavy (non-hydrogen) atoms. The third-order valence-corrected chi connectivity index (χ3v) is 1.01. The van der Waals surface area contributed by atoms with Crippen LogP contribution in [0.15, 0.2) is 24.3 Å². The Labute approximate surface area is 72.3 Å². The van der Waals surface area contributed by atoms with Crippen LogP contribution in [0.4, 0.5) is 0 Å². The van der Waals surface area contributed by atoms with E-state index < -0.39 is 0 Å². The summed E-state index contributed by atoms with van der Waals surface area (Å²) in [6, 6.07) is 0. The molecule has 0 saturated heterocycles. The highest BCUT2D eigenvalue weighted by molar-refractivity contribution is 5.76. The Hall–Kier alpha value is -0.930. The van der Waals surface area contributed by atoms with Crippen molar-refractivity contribution in [2.75, 3.05) is 19.8 Å². The van der Waals surface area contributed by atoms with Crippen molar-refractivity contribution in [3.63, 3.8) is 0 Å². The lowest BCUT2D eigenvalue weighted by Crippen LogP contribution is -2.03. The average molecular weight is 170 g/mol. The van der Waals surface area contributed by atoms with Gasteiger partial charge >= 0.3 is 0 Å². The van der Waals surface area contributed by atoms with Crippen LogP contribution in [0.1, 0.15) is 6.92 Å². The molecule has 1 N–H and O–H groups in total. The van der Waals surface area contributed by atoms with Gasteiger partial charge < -0.3 is 9.84 Å². The van der Waals surface area contributed by atoms with E-state index in [1.54, 1.807) is 24.3 Å². The standard InChI is InChI=1S/C9H14O3/c1-9(11)8-12-7-5-3-2-4-6-10/h2-5,10H,6-8H2,1H3/b4-2+,5-3+. The smallest absolute Gasteiger partial charge is 0.155 e. The summed E-state index contributed by atoms with van der Waals surface area (Å²) in [4.78, 5) is 10.4. The molecule has 3 heteroatoms. The topological polar surface area (TPSA) is 46.5 Å². The normalized spacial score (nSPS) is 11.5. The van der Waals surface area contributed by atoms with E-state index in [-0.39, 0.29) is 19.0 Å². The molecule has 0 heterocycles. The summed E-state index contributed by atoms with van der Waals surface area (Å²) in [5.74, 6) is 0.0225. The summed E-state index contributed by atoms with van der Waals surface area (Å²) < 4.78 is 4.94. The first-order valence-electron chi connectivity index (χ1n) is 3.77. The fraction of sp³-hybridized carbons (Fsp3) is 0.444. The Morgan fingerprint density at radius 2 is 2.08 bits per heavy atom. The highest BCUT2D eigenvalue weighted by Gasteiger charge is 1.88. The van der Waals surface area contributed by atoms with Crippen LogP contribution in [-0.2, 0) is 9.53 Å². The van der Waals surface area contributed by atoms with Gasteiger partial charge in [-0.05, 0) is 6.92 Å². The second-order valence-electron chi connectivity index (χ2n) is 2.26. The predicted molar refractivity (Wildman–Crippen MR) is 46.9 cm³/mol. The van der Waals surface area contributed by atoms with Crippen LogP contribution >= 0.6 is 0 Å². The van der Waals surface area contributed by atoms with E-state index in [9.17, 15) is 4.79 Å². The summed E-state index contributed by atoms with van der Waals surface area (Å²) in [6.45, 7) is 2.11. The monoisotopic (exact) mass is 170 g/mol. The second kappa shape index (κ2) is 8.17. The number of rotatable bonds is 6. The molecule has 0 aliphatic carbocycles. The molecule has 0 aromatic rings. The van der Waals surface area contributed by atoms with Gasteiger partial charge in [0.1, 0.15) is 6.61 Å². The summed E-state index contributed by atoms with van der Waals surface area (Å²) in [5.41, 5.74) is 0. The van der Waals surface area contributed by atoms with Crippen LogP contribution in [0.3, 0.4) is 0 Å². The van der Waals surface area contributed by atoms with Crippen molar-refractivity contribution < 1.29 is 14.6 Å². The second-order valence-corrected chi connectivity index (χ2v) is 2.26. The van der Waals surface area contributed by atoms with Crippen LogP contribution in [-0.4, -0.2) is 30.7 Å². The highest BCUT2D eigenvalue weighted by Crippen LogP contribution is 1.80. The van der Waals surface area contributed by atoms with Gasteiger partial charge in [-0.3, -0.25) is 4.79 Å². The Balaban J connectivity index is 3.24.